The smallest absolute Gasteiger partial charge is 0.251 e. The van der Waals surface area contributed by atoms with Crippen LogP contribution in [0.4, 0.5) is 0 Å². The average molecular weight is 491 g/mol. The third-order valence-electron chi connectivity index (χ3n) is 7.07. The summed E-state index contributed by atoms with van der Waals surface area (Å²) in [4.78, 5) is 21.1. The molecule has 2 aromatic carbocycles. The Morgan fingerprint density at radius 1 is 1.14 bits per heavy atom. The van der Waals surface area contributed by atoms with Crippen molar-refractivity contribution in [1.82, 2.24) is 19.6 Å². The summed E-state index contributed by atoms with van der Waals surface area (Å²) < 4.78 is 8.71. The highest BCUT2D eigenvalue weighted by atomic mass is 32.1. The molecule has 4 aromatic rings. The zero-order chi connectivity index (χ0) is 24.4. The molecule has 1 N–H and O–H groups in total. The Hall–Kier alpha value is -2.90. The molecule has 3 heterocycles. The van der Waals surface area contributed by atoms with Gasteiger partial charge in [0.2, 0.25) is 0 Å². The van der Waals surface area contributed by atoms with Gasteiger partial charge in [-0.05, 0) is 82.5 Å². The molecule has 7 heteroatoms. The van der Waals surface area contributed by atoms with Crippen LogP contribution in [0.3, 0.4) is 0 Å². The van der Waals surface area contributed by atoms with E-state index in [2.05, 4.69) is 34.7 Å². The molecule has 0 spiro atoms. The highest BCUT2D eigenvalue weighted by Gasteiger charge is 2.23. The molecule has 0 bridgehead atoms. The van der Waals surface area contributed by atoms with Crippen molar-refractivity contribution >= 4 is 32.4 Å². The first-order chi connectivity index (χ1) is 17.0. The van der Waals surface area contributed by atoms with Crippen LogP contribution in [0, 0.1) is 0 Å². The number of rotatable bonds is 8. The predicted molar refractivity (Wildman–Crippen MR) is 144 cm³/mol. The Labute approximate surface area is 210 Å². The first-order valence-electron chi connectivity index (χ1n) is 12.7. The molecule has 184 valence electrons. The van der Waals surface area contributed by atoms with Crippen LogP contribution in [0.5, 0.6) is 5.75 Å². The average Bonchev–Trinajstić information content (AvgIpc) is 3.41. The number of carbonyl (C=O) groups is 1. The summed E-state index contributed by atoms with van der Waals surface area (Å²) in [5.41, 5.74) is 3.76. The summed E-state index contributed by atoms with van der Waals surface area (Å²) in [6, 6.07) is 15.2. The lowest BCUT2D eigenvalue weighted by Crippen LogP contribution is -2.44. The number of hydrogen-bond acceptors (Lipinski definition) is 5. The zero-order valence-electron chi connectivity index (χ0n) is 20.8. The molecular weight excluding hydrogens is 456 g/mol. The number of benzene rings is 2. The van der Waals surface area contributed by atoms with Gasteiger partial charge < -0.3 is 10.1 Å². The molecule has 2 unspecified atom stereocenters. The Kier molecular flexibility index (Phi) is 7.07. The summed E-state index contributed by atoms with van der Waals surface area (Å²) in [5, 5.41) is 3.11. The number of hydrogen-bond donors (Lipinski definition) is 1. The number of aromatic nitrogens is 2. The van der Waals surface area contributed by atoms with Crippen molar-refractivity contribution in [3.63, 3.8) is 0 Å². The normalized spacial score (nSPS) is 18.8. The largest absolute Gasteiger partial charge is 0.494 e. The molecule has 0 aliphatic carbocycles. The monoisotopic (exact) mass is 490 g/mol. The Balaban J connectivity index is 1.23. The fourth-order valence-corrected chi connectivity index (χ4v) is 6.20. The van der Waals surface area contributed by atoms with E-state index in [1.54, 1.807) is 11.3 Å². The van der Waals surface area contributed by atoms with Crippen LogP contribution in [-0.2, 0) is 0 Å². The van der Waals surface area contributed by atoms with Gasteiger partial charge in [0, 0.05) is 42.5 Å². The summed E-state index contributed by atoms with van der Waals surface area (Å²) in [6.45, 7) is 9.02. The first-order valence-corrected chi connectivity index (χ1v) is 13.5. The fraction of sp³-hybridized carbons (Fsp3) is 0.429. The minimum absolute atomic E-state index is 0.00671. The van der Waals surface area contributed by atoms with Crippen molar-refractivity contribution < 1.29 is 9.53 Å². The highest BCUT2D eigenvalue weighted by molar-refractivity contribution is 7.23. The molecular formula is C28H34N4O2S. The second-order valence-electron chi connectivity index (χ2n) is 9.50. The van der Waals surface area contributed by atoms with E-state index in [4.69, 9.17) is 9.72 Å². The van der Waals surface area contributed by atoms with Crippen LogP contribution in [0.2, 0.25) is 0 Å². The van der Waals surface area contributed by atoms with Gasteiger partial charge in [0.1, 0.15) is 5.75 Å². The number of nitrogens with one attached hydrogen (secondary N) is 1. The third-order valence-corrected chi connectivity index (χ3v) is 8.09. The quantitative estimate of drug-likeness (QED) is 0.308. The maximum atomic E-state index is 12.8. The van der Waals surface area contributed by atoms with E-state index in [0.29, 0.717) is 30.8 Å². The lowest BCUT2D eigenvalue weighted by molar-refractivity contribution is 0.0925. The van der Waals surface area contributed by atoms with Crippen LogP contribution in [0.15, 0.2) is 48.7 Å². The summed E-state index contributed by atoms with van der Waals surface area (Å²) in [7, 11) is 0. The van der Waals surface area contributed by atoms with Crippen LogP contribution in [0.25, 0.3) is 26.4 Å². The van der Waals surface area contributed by atoms with Gasteiger partial charge in [0.05, 0.1) is 22.5 Å². The van der Waals surface area contributed by atoms with Gasteiger partial charge in [0.15, 0.2) is 4.96 Å². The summed E-state index contributed by atoms with van der Waals surface area (Å²) in [5.74, 6) is 0.858. The molecule has 2 atom stereocenters. The highest BCUT2D eigenvalue weighted by Crippen LogP contribution is 2.31. The van der Waals surface area contributed by atoms with E-state index in [-0.39, 0.29) is 5.91 Å². The molecule has 1 aliphatic heterocycles. The minimum Gasteiger partial charge on any atom is -0.494 e. The number of piperidine rings is 1. The van der Waals surface area contributed by atoms with Crippen molar-refractivity contribution in [2.45, 2.75) is 58.5 Å². The topological polar surface area (TPSA) is 58.9 Å². The van der Waals surface area contributed by atoms with Crippen molar-refractivity contribution in [3.05, 3.63) is 54.2 Å². The van der Waals surface area contributed by atoms with E-state index in [0.717, 1.165) is 45.1 Å². The van der Waals surface area contributed by atoms with Crippen molar-refractivity contribution in [1.29, 1.82) is 0 Å². The second kappa shape index (κ2) is 10.4. The standard InChI is InChI=1S/C28H34N4O2S/c1-4-34-23-12-9-21(10-13-23)24-18-32-25-14-11-22(17-26(25)35-28(32)30-24)27(33)29-15-6-16-31-19(2)7-5-8-20(31)3/h9-14,17-20H,4-8,15-16H2,1-3H3,(H,29,33). The van der Waals surface area contributed by atoms with Gasteiger partial charge in [-0.1, -0.05) is 17.8 Å². The Morgan fingerprint density at radius 3 is 2.66 bits per heavy atom. The van der Waals surface area contributed by atoms with Crippen LogP contribution < -0.4 is 10.1 Å². The number of nitrogens with zero attached hydrogens (tertiary/aromatic N) is 3. The number of ether oxygens (including phenoxy) is 1. The first kappa shape index (κ1) is 23.8. The lowest BCUT2D eigenvalue weighted by Gasteiger charge is -2.39. The number of imidazole rings is 1. The fourth-order valence-electron chi connectivity index (χ4n) is 5.15. The lowest BCUT2D eigenvalue weighted by atomic mass is 9.97. The molecule has 1 saturated heterocycles. The molecule has 0 saturated carbocycles. The van der Waals surface area contributed by atoms with Gasteiger partial charge in [-0.3, -0.25) is 14.1 Å². The molecule has 2 aromatic heterocycles. The van der Waals surface area contributed by atoms with Gasteiger partial charge in [-0.25, -0.2) is 4.98 Å². The van der Waals surface area contributed by atoms with Crippen molar-refractivity contribution in [3.8, 4) is 17.0 Å². The molecule has 5 rings (SSSR count). The molecule has 35 heavy (non-hydrogen) atoms. The molecule has 6 nitrogen and oxygen atoms in total. The maximum absolute atomic E-state index is 12.8. The molecule has 1 aliphatic rings. The summed E-state index contributed by atoms with van der Waals surface area (Å²) in [6.07, 6.45) is 6.93. The molecule has 0 radical (unpaired) electrons. The minimum atomic E-state index is -0.00671. The van der Waals surface area contributed by atoms with E-state index in [1.165, 1.54) is 19.3 Å². The molecule has 1 fully saturated rings. The van der Waals surface area contributed by atoms with Crippen LogP contribution in [-0.4, -0.2) is 52.0 Å². The van der Waals surface area contributed by atoms with E-state index < -0.39 is 0 Å². The van der Waals surface area contributed by atoms with Gasteiger partial charge in [-0.15, -0.1) is 0 Å². The van der Waals surface area contributed by atoms with E-state index in [1.807, 2.05) is 49.4 Å². The number of carbonyl (C=O) groups excluding carboxylic acids is 1. The van der Waals surface area contributed by atoms with Gasteiger partial charge in [0.25, 0.3) is 5.91 Å². The van der Waals surface area contributed by atoms with Crippen molar-refractivity contribution in [2.24, 2.45) is 0 Å². The Bertz CT molecular complexity index is 1300. The summed E-state index contributed by atoms with van der Waals surface area (Å²) >= 11 is 1.61. The van der Waals surface area contributed by atoms with Crippen LogP contribution >= 0.6 is 11.3 Å². The number of fused-ring (bicyclic) bond motifs is 3. The predicted octanol–water partition coefficient (Wildman–Crippen LogP) is 6.00. The van der Waals surface area contributed by atoms with E-state index in [9.17, 15) is 4.79 Å². The third kappa shape index (κ3) is 5.07. The Morgan fingerprint density at radius 2 is 1.91 bits per heavy atom. The van der Waals surface area contributed by atoms with Gasteiger partial charge in [-0.2, -0.15) is 0 Å². The second-order valence-corrected chi connectivity index (χ2v) is 10.5. The number of thiazole rings is 1. The maximum Gasteiger partial charge on any atom is 0.251 e. The SMILES string of the molecule is CCOc1ccc(-c2cn3c(n2)sc2cc(C(=O)NCCCN4C(C)CCCC4C)ccc23)cc1. The number of amides is 1. The van der Waals surface area contributed by atoms with Crippen molar-refractivity contribution in [2.75, 3.05) is 19.7 Å². The van der Waals surface area contributed by atoms with Gasteiger partial charge >= 0.3 is 0 Å². The molecule has 1 amide bonds. The zero-order valence-corrected chi connectivity index (χ0v) is 21.6. The van der Waals surface area contributed by atoms with E-state index >= 15 is 0 Å². The number of likely N-dealkylation sites (tertiary alicyclic amines) is 1. The van der Waals surface area contributed by atoms with Crippen LogP contribution in [0.1, 0.15) is 56.8 Å².